The molecule has 3 heteroatoms. The van der Waals surface area contributed by atoms with Crippen molar-refractivity contribution in [2.24, 2.45) is 5.92 Å². The highest BCUT2D eigenvalue weighted by Crippen LogP contribution is 2.30. The van der Waals surface area contributed by atoms with Crippen LogP contribution in [0.2, 0.25) is 0 Å². The lowest BCUT2D eigenvalue weighted by molar-refractivity contribution is 0.645. The Morgan fingerprint density at radius 2 is 2.21 bits per heavy atom. The molecule has 0 saturated carbocycles. The summed E-state index contributed by atoms with van der Waals surface area (Å²) < 4.78 is 2.42. The van der Waals surface area contributed by atoms with Gasteiger partial charge in [-0.05, 0) is 34.0 Å². The van der Waals surface area contributed by atoms with Gasteiger partial charge in [-0.15, -0.1) is 11.3 Å². The number of hydrogen-bond acceptors (Lipinski definition) is 2. The minimum absolute atomic E-state index is 0.675. The second-order valence-electron chi connectivity index (χ2n) is 3.79. The van der Waals surface area contributed by atoms with E-state index < -0.39 is 0 Å². The van der Waals surface area contributed by atoms with Gasteiger partial charge in [-0.3, -0.25) is 0 Å². The van der Waals surface area contributed by atoms with E-state index in [0.29, 0.717) is 5.92 Å². The Balaban J connectivity index is 2.46. The van der Waals surface area contributed by atoms with E-state index in [1.54, 1.807) is 11.3 Å². The minimum Gasteiger partial charge on any atom is -0.241 e. The zero-order valence-electron chi connectivity index (χ0n) is 8.25. The van der Waals surface area contributed by atoms with Gasteiger partial charge in [0.05, 0.1) is 15.2 Å². The van der Waals surface area contributed by atoms with Gasteiger partial charge in [0.2, 0.25) is 0 Å². The first-order chi connectivity index (χ1) is 6.66. The van der Waals surface area contributed by atoms with Gasteiger partial charge >= 0.3 is 0 Å². The standard InChI is InChI=1S/C11H12BrNS/c1-7(2)6-10-13-9-5-3-4-8(12)11(9)14-10/h3-5,7H,6H2,1-2H3. The maximum Gasteiger partial charge on any atom is 0.0941 e. The fraction of sp³-hybridized carbons (Fsp3) is 0.364. The number of nitrogens with zero attached hydrogens (tertiary/aromatic N) is 1. The second kappa shape index (κ2) is 3.99. The zero-order valence-corrected chi connectivity index (χ0v) is 10.7. The van der Waals surface area contributed by atoms with Crippen LogP contribution in [0.1, 0.15) is 18.9 Å². The Morgan fingerprint density at radius 3 is 2.86 bits per heavy atom. The molecule has 0 aliphatic rings. The maximum atomic E-state index is 4.60. The van der Waals surface area contributed by atoms with E-state index in [2.05, 4.69) is 46.9 Å². The molecule has 0 N–H and O–H groups in total. The number of fused-ring (bicyclic) bond motifs is 1. The molecular formula is C11H12BrNS. The first kappa shape index (κ1) is 10.1. The van der Waals surface area contributed by atoms with Crippen LogP contribution in [0.15, 0.2) is 22.7 Å². The smallest absolute Gasteiger partial charge is 0.0941 e. The molecule has 74 valence electrons. The highest BCUT2D eigenvalue weighted by atomic mass is 79.9. The average Bonchev–Trinajstić information content (AvgIpc) is 2.47. The Hall–Kier alpha value is -0.410. The highest BCUT2D eigenvalue weighted by molar-refractivity contribution is 9.10. The topological polar surface area (TPSA) is 12.9 Å². The molecule has 0 unspecified atom stereocenters. The minimum atomic E-state index is 0.675. The van der Waals surface area contributed by atoms with Crippen molar-refractivity contribution in [3.8, 4) is 0 Å². The lowest BCUT2D eigenvalue weighted by atomic mass is 10.1. The average molecular weight is 270 g/mol. The Morgan fingerprint density at radius 1 is 1.43 bits per heavy atom. The van der Waals surface area contributed by atoms with Crippen LogP contribution in [0.3, 0.4) is 0 Å². The summed E-state index contributed by atoms with van der Waals surface area (Å²) in [5.41, 5.74) is 1.11. The van der Waals surface area contributed by atoms with Gasteiger partial charge < -0.3 is 0 Å². The summed E-state index contributed by atoms with van der Waals surface area (Å²) in [6, 6.07) is 6.17. The third kappa shape index (κ3) is 1.98. The predicted molar refractivity (Wildman–Crippen MR) is 65.9 cm³/mol. The molecular weight excluding hydrogens is 258 g/mol. The molecule has 0 spiro atoms. The van der Waals surface area contributed by atoms with Crippen LogP contribution in [0.5, 0.6) is 0 Å². The molecule has 0 atom stereocenters. The molecule has 0 saturated heterocycles. The van der Waals surface area contributed by atoms with Crippen molar-refractivity contribution in [2.75, 3.05) is 0 Å². The maximum absolute atomic E-state index is 4.60. The molecule has 0 fully saturated rings. The van der Waals surface area contributed by atoms with Gasteiger partial charge in [-0.2, -0.15) is 0 Å². The lowest BCUT2D eigenvalue weighted by Crippen LogP contribution is -1.91. The first-order valence-corrected chi connectivity index (χ1v) is 6.31. The third-order valence-electron chi connectivity index (χ3n) is 1.99. The summed E-state index contributed by atoms with van der Waals surface area (Å²) in [4.78, 5) is 4.60. The molecule has 1 aromatic heterocycles. The monoisotopic (exact) mass is 269 g/mol. The van der Waals surface area contributed by atoms with Crippen molar-refractivity contribution < 1.29 is 0 Å². The molecule has 1 nitrogen and oxygen atoms in total. The van der Waals surface area contributed by atoms with Crippen LogP contribution in [0.4, 0.5) is 0 Å². The Bertz CT molecular complexity index is 447. The van der Waals surface area contributed by atoms with Crippen LogP contribution in [0, 0.1) is 5.92 Å². The number of halogens is 1. The van der Waals surface area contributed by atoms with E-state index in [0.717, 1.165) is 16.4 Å². The molecule has 0 radical (unpaired) electrons. The van der Waals surface area contributed by atoms with Crippen molar-refractivity contribution in [2.45, 2.75) is 20.3 Å². The van der Waals surface area contributed by atoms with E-state index in [9.17, 15) is 0 Å². The third-order valence-corrected chi connectivity index (χ3v) is 4.04. The quantitative estimate of drug-likeness (QED) is 0.794. The van der Waals surface area contributed by atoms with Crippen molar-refractivity contribution >= 4 is 37.5 Å². The second-order valence-corrected chi connectivity index (χ2v) is 5.73. The Labute approximate surface area is 96.3 Å². The van der Waals surface area contributed by atoms with E-state index in [4.69, 9.17) is 0 Å². The highest BCUT2D eigenvalue weighted by Gasteiger charge is 2.07. The number of rotatable bonds is 2. The van der Waals surface area contributed by atoms with Gasteiger partial charge in [0.15, 0.2) is 0 Å². The van der Waals surface area contributed by atoms with Crippen LogP contribution in [-0.2, 0) is 6.42 Å². The van der Waals surface area contributed by atoms with E-state index in [1.807, 2.05) is 6.07 Å². The molecule has 1 aromatic carbocycles. The summed E-state index contributed by atoms with van der Waals surface area (Å²) in [5.74, 6) is 0.675. The summed E-state index contributed by atoms with van der Waals surface area (Å²) in [7, 11) is 0. The number of hydrogen-bond donors (Lipinski definition) is 0. The molecule has 0 aliphatic heterocycles. The largest absolute Gasteiger partial charge is 0.241 e. The van der Waals surface area contributed by atoms with E-state index in [-0.39, 0.29) is 0 Å². The van der Waals surface area contributed by atoms with Crippen LogP contribution in [-0.4, -0.2) is 4.98 Å². The first-order valence-electron chi connectivity index (χ1n) is 4.70. The normalized spacial score (nSPS) is 11.4. The van der Waals surface area contributed by atoms with Crippen LogP contribution in [0.25, 0.3) is 10.2 Å². The molecule has 0 bridgehead atoms. The zero-order chi connectivity index (χ0) is 10.1. The van der Waals surface area contributed by atoms with Crippen molar-refractivity contribution in [1.29, 1.82) is 0 Å². The van der Waals surface area contributed by atoms with Crippen molar-refractivity contribution in [3.05, 3.63) is 27.7 Å². The summed E-state index contributed by atoms with van der Waals surface area (Å²) in [5, 5.41) is 1.24. The van der Waals surface area contributed by atoms with Crippen LogP contribution >= 0.6 is 27.3 Å². The van der Waals surface area contributed by atoms with Crippen molar-refractivity contribution in [3.63, 3.8) is 0 Å². The summed E-state index contributed by atoms with van der Waals surface area (Å²) >= 11 is 5.34. The van der Waals surface area contributed by atoms with E-state index >= 15 is 0 Å². The number of aromatic nitrogens is 1. The van der Waals surface area contributed by atoms with Crippen LogP contribution < -0.4 is 0 Å². The van der Waals surface area contributed by atoms with Gasteiger partial charge in [0.25, 0.3) is 0 Å². The number of benzene rings is 1. The van der Waals surface area contributed by atoms with Gasteiger partial charge in [-0.25, -0.2) is 4.98 Å². The van der Waals surface area contributed by atoms with E-state index in [1.165, 1.54) is 9.71 Å². The Kier molecular flexibility index (Phi) is 2.88. The number of thiazole rings is 1. The summed E-state index contributed by atoms with van der Waals surface area (Å²) in [6.45, 7) is 4.45. The predicted octanol–water partition coefficient (Wildman–Crippen LogP) is 4.26. The molecule has 14 heavy (non-hydrogen) atoms. The molecule has 0 aliphatic carbocycles. The van der Waals surface area contributed by atoms with Gasteiger partial charge in [-0.1, -0.05) is 19.9 Å². The molecule has 0 amide bonds. The summed E-state index contributed by atoms with van der Waals surface area (Å²) in [6.07, 6.45) is 1.08. The van der Waals surface area contributed by atoms with Gasteiger partial charge in [0.1, 0.15) is 0 Å². The molecule has 2 aromatic rings. The SMILES string of the molecule is CC(C)Cc1nc2cccc(Br)c2s1. The van der Waals surface area contributed by atoms with Gasteiger partial charge in [0, 0.05) is 10.9 Å². The molecule has 1 heterocycles. The fourth-order valence-electron chi connectivity index (χ4n) is 1.40. The molecule has 2 rings (SSSR count). The lowest BCUT2D eigenvalue weighted by Gasteiger charge is -1.97. The fourth-order valence-corrected chi connectivity index (χ4v) is 3.18. The van der Waals surface area contributed by atoms with Crippen molar-refractivity contribution in [1.82, 2.24) is 4.98 Å².